The summed E-state index contributed by atoms with van der Waals surface area (Å²) in [7, 11) is 0. The van der Waals surface area contributed by atoms with E-state index in [-0.39, 0.29) is 0 Å². The van der Waals surface area contributed by atoms with E-state index in [0.717, 1.165) is 55.0 Å². The first kappa shape index (κ1) is 17.6. The molecule has 2 aromatic rings. The maximum absolute atomic E-state index is 10.3. The van der Waals surface area contributed by atoms with E-state index in [0.29, 0.717) is 11.7 Å². The largest absolute Gasteiger partial charge is 0.390 e. The number of hydrogen-bond acceptors (Lipinski definition) is 6. The molecule has 2 aromatic heterocycles. The zero-order valence-electron chi connectivity index (χ0n) is 15.2. The van der Waals surface area contributed by atoms with Gasteiger partial charge < -0.3 is 15.7 Å². The Hall–Kier alpha value is -2.21. The second-order valence-corrected chi connectivity index (χ2v) is 7.26. The summed E-state index contributed by atoms with van der Waals surface area (Å²) in [6, 6.07) is 3.79. The van der Waals surface area contributed by atoms with Crippen molar-refractivity contribution in [1.82, 2.24) is 15.0 Å². The number of aromatic nitrogens is 3. The number of anilines is 2. The Morgan fingerprint density at radius 3 is 2.48 bits per heavy atom. The molecule has 1 aliphatic heterocycles. The quantitative estimate of drug-likeness (QED) is 0.889. The van der Waals surface area contributed by atoms with Gasteiger partial charge in [-0.2, -0.15) is 0 Å². The van der Waals surface area contributed by atoms with Gasteiger partial charge in [-0.25, -0.2) is 15.0 Å². The molecule has 6 nitrogen and oxygen atoms in total. The van der Waals surface area contributed by atoms with Crippen molar-refractivity contribution < 1.29 is 5.11 Å². The number of pyridine rings is 1. The van der Waals surface area contributed by atoms with Crippen molar-refractivity contribution in [3.63, 3.8) is 0 Å². The van der Waals surface area contributed by atoms with Gasteiger partial charge in [0.15, 0.2) is 0 Å². The Kier molecular flexibility index (Phi) is 4.90. The topological polar surface area (TPSA) is 88.2 Å². The number of hydrogen-bond donors (Lipinski definition) is 2. The van der Waals surface area contributed by atoms with Gasteiger partial charge in [0.2, 0.25) is 0 Å². The molecule has 6 heteroatoms. The SMILES string of the molecule is CCc1ncnc(N2CCC(C(C)(C)O)CC2)c1-c1ccc(N)nc1. The molecule has 0 saturated carbocycles. The number of nitrogens with zero attached hydrogens (tertiary/aromatic N) is 4. The second kappa shape index (κ2) is 6.96. The number of aryl methyl sites for hydroxylation is 1. The molecule has 25 heavy (non-hydrogen) atoms. The standard InChI is InChI=1S/C19H27N5O/c1-4-15-17(13-5-6-16(20)21-11-13)18(23-12-22-15)24-9-7-14(8-10-24)19(2,3)25/h5-6,11-12,14,25H,4,7-10H2,1-3H3,(H2,20,21). The molecule has 3 heterocycles. The highest BCUT2D eigenvalue weighted by Crippen LogP contribution is 2.35. The molecule has 0 aromatic carbocycles. The molecule has 1 aliphatic rings. The molecule has 134 valence electrons. The lowest BCUT2D eigenvalue weighted by Crippen LogP contribution is -2.42. The summed E-state index contributed by atoms with van der Waals surface area (Å²) in [5, 5.41) is 10.3. The summed E-state index contributed by atoms with van der Waals surface area (Å²) < 4.78 is 0. The van der Waals surface area contributed by atoms with Gasteiger partial charge in [-0.05, 0) is 51.2 Å². The van der Waals surface area contributed by atoms with E-state index in [2.05, 4.69) is 26.8 Å². The van der Waals surface area contributed by atoms with Gasteiger partial charge in [0.1, 0.15) is 18.0 Å². The average Bonchev–Trinajstić information content (AvgIpc) is 2.61. The van der Waals surface area contributed by atoms with Crippen LogP contribution in [0.5, 0.6) is 0 Å². The summed E-state index contributed by atoms with van der Waals surface area (Å²) in [6.45, 7) is 7.66. The van der Waals surface area contributed by atoms with Crippen LogP contribution < -0.4 is 10.6 Å². The predicted octanol–water partition coefficient (Wildman–Crippen LogP) is 2.67. The highest BCUT2D eigenvalue weighted by molar-refractivity contribution is 5.78. The number of aliphatic hydroxyl groups is 1. The average molecular weight is 341 g/mol. The smallest absolute Gasteiger partial charge is 0.140 e. The normalized spacial score (nSPS) is 16.2. The summed E-state index contributed by atoms with van der Waals surface area (Å²) >= 11 is 0. The molecular weight excluding hydrogens is 314 g/mol. The molecule has 3 rings (SSSR count). The van der Waals surface area contributed by atoms with Gasteiger partial charge in [-0.3, -0.25) is 0 Å². The lowest BCUT2D eigenvalue weighted by Gasteiger charge is -2.39. The molecule has 0 amide bonds. The summed E-state index contributed by atoms with van der Waals surface area (Å²) in [6.07, 6.45) is 6.17. The van der Waals surface area contributed by atoms with Gasteiger partial charge in [0, 0.05) is 30.4 Å². The molecule has 0 radical (unpaired) electrons. The van der Waals surface area contributed by atoms with Gasteiger partial charge >= 0.3 is 0 Å². The van der Waals surface area contributed by atoms with Gasteiger partial charge in [-0.15, -0.1) is 0 Å². The van der Waals surface area contributed by atoms with Crippen LogP contribution >= 0.6 is 0 Å². The van der Waals surface area contributed by atoms with Crippen LogP contribution in [0.2, 0.25) is 0 Å². The predicted molar refractivity (Wildman–Crippen MR) is 100 cm³/mol. The van der Waals surface area contributed by atoms with Crippen molar-refractivity contribution in [2.24, 2.45) is 5.92 Å². The lowest BCUT2D eigenvalue weighted by molar-refractivity contribution is 0.00646. The minimum absolute atomic E-state index is 0.317. The van der Waals surface area contributed by atoms with Crippen LogP contribution in [-0.4, -0.2) is 38.7 Å². The van der Waals surface area contributed by atoms with Crippen LogP contribution in [0.4, 0.5) is 11.6 Å². The van der Waals surface area contributed by atoms with Crippen LogP contribution in [0.1, 0.15) is 39.3 Å². The second-order valence-electron chi connectivity index (χ2n) is 7.26. The van der Waals surface area contributed by atoms with E-state index in [1.54, 1.807) is 12.5 Å². The first-order chi connectivity index (χ1) is 11.9. The fourth-order valence-electron chi connectivity index (χ4n) is 3.57. The van der Waals surface area contributed by atoms with Crippen molar-refractivity contribution in [2.45, 2.75) is 45.6 Å². The van der Waals surface area contributed by atoms with Crippen molar-refractivity contribution in [2.75, 3.05) is 23.7 Å². The van der Waals surface area contributed by atoms with E-state index >= 15 is 0 Å². The van der Waals surface area contributed by atoms with E-state index in [4.69, 9.17) is 5.73 Å². The molecule has 0 bridgehead atoms. The molecule has 0 spiro atoms. The van der Waals surface area contributed by atoms with Gasteiger partial charge in [-0.1, -0.05) is 6.92 Å². The van der Waals surface area contributed by atoms with Crippen LogP contribution in [0.25, 0.3) is 11.1 Å². The highest BCUT2D eigenvalue weighted by atomic mass is 16.3. The van der Waals surface area contributed by atoms with E-state index < -0.39 is 5.60 Å². The van der Waals surface area contributed by atoms with E-state index in [1.807, 2.05) is 26.0 Å². The molecule has 1 fully saturated rings. The van der Waals surface area contributed by atoms with E-state index in [9.17, 15) is 5.11 Å². The van der Waals surface area contributed by atoms with Crippen molar-refractivity contribution in [3.8, 4) is 11.1 Å². The fraction of sp³-hybridized carbons (Fsp3) is 0.526. The fourth-order valence-corrected chi connectivity index (χ4v) is 3.57. The summed E-state index contributed by atoms with van der Waals surface area (Å²) in [5.41, 5.74) is 8.15. The van der Waals surface area contributed by atoms with Gasteiger partial charge in [0.25, 0.3) is 0 Å². The Balaban J connectivity index is 1.93. The Morgan fingerprint density at radius 2 is 1.92 bits per heavy atom. The lowest BCUT2D eigenvalue weighted by atomic mass is 9.83. The number of piperidine rings is 1. The van der Waals surface area contributed by atoms with E-state index in [1.165, 1.54) is 0 Å². The van der Waals surface area contributed by atoms with Crippen LogP contribution in [-0.2, 0) is 6.42 Å². The number of rotatable bonds is 4. The Labute approximate surface area is 149 Å². The maximum atomic E-state index is 10.3. The minimum Gasteiger partial charge on any atom is -0.390 e. The van der Waals surface area contributed by atoms with Crippen LogP contribution in [0.15, 0.2) is 24.7 Å². The van der Waals surface area contributed by atoms with Crippen LogP contribution in [0.3, 0.4) is 0 Å². The monoisotopic (exact) mass is 341 g/mol. The third-order valence-electron chi connectivity index (χ3n) is 5.11. The molecule has 0 atom stereocenters. The highest BCUT2D eigenvalue weighted by Gasteiger charge is 2.32. The van der Waals surface area contributed by atoms with Crippen LogP contribution in [0, 0.1) is 5.92 Å². The summed E-state index contributed by atoms with van der Waals surface area (Å²) in [4.78, 5) is 15.6. The molecule has 1 saturated heterocycles. The maximum Gasteiger partial charge on any atom is 0.140 e. The number of nitrogen functional groups attached to an aromatic ring is 1. The molecule has 0 aliphatic carbocycles. The first-order valence-electron chi connectivity index (χ1n) is 8.93. The third-order valence-corrected chi connectivity index (χ3v) is 5.11. The van der Waals surface area contributed by atoms with Crippen molar-refractivity contribution in [1.29, 1.82) is 0 Å². The zero-order chi connectivity index (χ0) is 18.0. The first-order valence-corrected chi connectivity index (χ1v) is 8.93. The summed E-state index contributed by atoms with van der Waals surface area (Å²) in [5.74, 6) is 1.77. The van der Waals surface area contributed by atoms with Crippen molar-refractivity contribution >= 4 is 11.6 Å². The Morgan fingerprint density at radius 1 is 1.20 bits per heavy atom. The molecule has 3 N–H and O–H groups in total. The third kappa shape index (κ3) is 3.74. The Bertz CT molecular complexity index is 716. The van der Waals surface area contributed by atoms with Gasteiger partial charge in [0.05, 0.1) is 11.3 Å². The number of nitrogens with two attached hydrogens (primary N) is 1. The minimum atomic E-state index is -0.629. The zero-order valence-corrected chi connectivity index (χ0v) is 15.2. The molecular formula is C19H27N5O. The molecule has 0 unspecified atom stereocenters. The van der Waals surface area contributed by atoms with Crippen molar-refractivity contribution in [3.05, 3.63) is 30.4 Å².